The fourth-order valence-corrected chi connectivity index (χ4v) is 6.12. The fraction of sp³-hybridized carbons (Fsp3) is 0.167. The van der Waals surface area contributed by atoms with Crippen molar-refractivity contribution in [3.63, 3.8) is 0 Å². The van der Waals surface area contributed by atoms with Crippen LogP contribution in [0.2, 0.25) is 0 Å². The van der Waals surface area contributed by atoms with E-state index in [1.54, 1.807) is 0 Å². The fourth-order valence-electron chi connectivity index (χ4n) is 6.12. The van der Waals surface area contributed by atoms with Crippen LogP contribution in [0, 0.1) is 13.8 Å². The first kappa shape index (κ1) is 21.8. The smallest absolute Gasteiger partial charge is 0.151 e. The molecule has 2 nitrogen and oxygen atoms in total. The molecule has 0 bridgehead atoms. The predicted molar refractivity (Wildman–Crippen MR) is 156 cm³/mol. The van der Waals surface area contributed by atoms with Gasteiger partial charge < -0.3 is 9.64 Å². The minimum atomic E-state index is 0.900. The van der Waals surface area contributed by atoms with Gasteiger partial charge in [0.2, 0.25) is 0 Å². The minimum absolute atomic E-state index is 0.900. The third-order valence-corrected chi connectivity index (χ3v) is 8.51. The van der Waals surface area contributed by atoms with E-state index in [-0.39, 0.29) is 0 Å². The molecule has 0 amide bonds. The highest BCUT2D eigenvalue weighted by Crippen LogP contribution is 2.52. The number of fused-ring (bicyclic) bond motifs is 4. The molecule has 0 radical (unpaired) electrons. The molecule has 0 saturated carbocycles. The molecule has 8 rings (SSSR count). The van der Waals surface area contributed by atoms with Crippen molar-refractivity contribution in [1.82, 2.24) is 0 Å². The highest BCUT2D eigenvalue weighted by Gasteiger charge is 2.27. The third kappa shape index (κ3) is 3.40. The first-order valence-electron chi connectivity index (χ1n) is 13.7. The van der Waals surface area contributed by atoms with E-state index in [1.807, 2.05) is 0 Å². The van der Waals surface area contributed by atoms with Crippen LogP contribution in [0.1, 0.15) is 33.4 Å². The molecular weight excluding hydrogens is 462 g/mol. The SMILES string of the molecule is Cc1ccc2c(c1)Oc1cc(C)ccc1N2c1cc(-c2ccc3c(c2)CC3)cc(-c2ccc3c(c2)CC3)c1. The Labute approximate surface area is 224 Å². The van der Waals surface area contributed by atoms with E-state index < -0.39 is 0 Å². The van der Waals surface area contributed by atoms with E-state index >= 15 is 0 Å². The van der Waals surface area contributed by atoms with Crippen molar-refractivity contribution in [3.8, 4) is 33.8 Å². The molecule has 0 unspecified atom stereocenters. The summed E-state index contributed by atoms with van der Waals surface area (Å²) in [7, 11) is 0. The third-order valence-electron chi connectivity index (χ3n) is 8.51. The number of rotatable bonds is 3. The largest absolute Gasteiger partial charge is 0.453 e. The summed E-state index contributed by atoms with van der Waals surface area (Å²) in [6.07, 6.45) is 4.78. The molecule has 0 saturated heterocycles. The highest BCUT2D eigenvalue weighted by atomic mass is 16.5. The molecule has 5 aromatic rings. The topological polar surface area (TPSA) is 12.5 Å². The number of benzene rings is 5. The van der Waals surface area contributed by atoms with E-state index in [1.165, 1.54) is 81.3 Å². The zero-order valence-corrected chi connectivity index (χ0v) is 21.8. The lowest BCUT2D eigenvalue weighted by Gasteiger charge is -2.34. The standard InChI is InChI=1S/C36H29NO/c1-22-3-13-33-35(15-22)38-36-16-23(2)4-14-34(36)37(33)32-20-30(28-11-7-24-5-9-26(24)17-28)19-31(21-32)29-12-8-25-6-10-27(25)18-29/h3-4,7-8,11-21H,5-6,9-10H2,1-2H3. The second-order valence-corrected chi connectivity index (χ2v) is 11.1. The second-order valence-electron chi connectivity index (χ2n) is 11.1. The van der Waals surface area contributed by atoms with Crippen LogP contribution in [-0.4, -0.2) is 0 Å². The maximum Gasteiger partial charge on any atom is 0.151 e. The van der Waals surface area contributed by atoms with Gasteiger partial charge in [-0.2, -0.15) is 0 Å². The quantitative estimate of drug-likeness (QED) is 0.244. The average molecular weight is 492 g/mol. The highest BCUT2D eigenvalue weighted by molar-refractivity contribution is 5.90. The van der Waals surface area contributed by atoms with E-state index in [2.05, 4.69) is 110 Å². The number of ether oxygens (including phenoxy) is 1. The summed E-state index contributed by atoms with van der Waals surface area (Å²) in [5, 5.41) is 0. The average Bonchev–Trinajstić information content (AvgIpc) is 2.88. The van der Waals surface area contributed by atoms with Crippen molar-refractivity contribution in [2.45, 2.75) is 39.5 Å². The van der Waals surface area contributed by atoms with Gasteiger partial charge in [-0.1, -0.05) is 48.5 Å². The van der Waals surface area contributed by atoms with Gasteiger partial charge in [-0.05, 0) is 138 Å². The minimum Gasteiger partial charge on any atom is -0.453 e. The van der Waals surface area contributed by atoms with Gasteiger partial charge in [0.25, 0.3) is 0 Å². The first-order chi connectivity index (χ1) is 18.6. The molecule has 0 spiro atoms. The molecule has 2 aliphatic carbocycles. The lowest BCUT2D eigenvalue weighted by Crippen LogP contribution is -2.16. The van der Waals surface area contributed by atoms with Gasteiger partial charge in [0, 0.05) is 5.69 Å². The molecule has 0 N–H and O–H groups in total. The predicted octanol–water partition coefficient (Wildman–Crippen LogP) is 9.41. The lowest BCUT2D eigenvalue weighted by molar-refractivity contribution is 0.476. The Bertz CT molecular complexity index is 1650. The summed E-state index contributed by atoms with van der Waals surface area (Å²) in [5.74, 6) is 1.80. The number of hydrogen-bond acceptors (Lipinski definition) is 2. The van der Waals surface area contributed by atoms with Gasteiger partial charge in [0.15, 0.2) is 11.5 Å². The number of aryl methyl sites for hydroxylation is 6. The van der Waals surface area contributed by atoms with Crippen molar-refractivity contribution in [2.75, 3.05) is 4.90 Å². The van der Waals surface area contributed by atoms with Gasteiger partial charge >= 0.3 is 0 Å². The Morgan fingerprint density at radius 3 is 1.42 bits per heavy atom. The number of nitrogens with zero attached hydrogens (tertiary/aromatic N) is 1. The summed E-state index contributed by atoms with van der Waals surface area (Å²) in [6, 6.07) is 34.1. The lowest BCUT2D eigenvalue weighted by atomic mass is 9.84. The van der Waals surface area contributed by atoms with Crippen LogP contribution in [0.3, 0.4) is 0 Å². The van der Waals surface area contributed by atoms with Crippen LogP contribution in [-0.2, 0) is 25.7 Å². The Morgan fingerprint density at radius 2 is 0.974 bits per heavy atom. The van der Waals surface area contributed by atoms with Crippen LogP contribution < -0.4 is 9.64 Å². The van der Waals surface area contributed by atoms with E-state index in [4.69, 9.17) is 4.74 Å². The van der Waals surface area contributed by atoms with Gasteiger partial charge in [0.05, 0.1) is 11.4 Å². The molecule has 1 aliphatic heterocycles. The molecule has 1 heterocycles. The number of hydrogen-bond donors (Lipinski definition) is 0. The molecule has 2 heteroatoms. The Morgan fingerprint density at radius 1 is 0.474 bits per heavy atom. The maximum absolute atomic E-state index is 6.45. The van der Waals surface area contributed by atoms with Crippen LogP contribution >= 0.6 is 0 Å². The van der Waals surface area contributed by atoms with Gasteiger partial charge in [0.1, 0.15) is 0 Å². The van der Waals surface area contributed by atoms with E-state index in [0.29, 0.717) is 0 Å². The molecule has 184 valence electrons. The van der Waals surface area contributed by atoms with E-state index in [9.17, 15) is 0 Å². The molecule has 0 aromatic heterocycles. The summed E-state index contributed by atoms with van der Waals surface area (Å²) in [6.45, 7) is 4.24. The van der Waals surface area contributed by atoms with Crippen molar-refractivity contribution in [1.29, 1.82) is 0 Å². The molecule has 3 aliphatic rings. The number of anilines is 3. The molecule has 5 aromatic carbocycles. The molecule has 38 heavy (non-hydrogen) atoms. The summed E-state index contributed by atoms with van der Waals surface area (Å²) in [4.78, 5) is 2.38. The summed E-state index contributed by atoms with van der Waals surface area (Å²) >= 11 is 0. The van der Waals surface area contributed by atoms with Crippen molar-refractivity contribution < 1.29 is 4.74 Å². The van der Waals surface area contributed by atoms with Crippen molar-refractivity contribution in [3.05, 3.63) is 124 Å². The zero-order valence-electron chi connectivity index (χ0n) is 21.8. The molecule has 0 atom stereocenters. The summed E-state index contributed by atoms with van der Waals surface area (Å²) < 4.78 is 6.45. The van der Waals surface area contributed by atoms with E-state index in [0.717, 1.165) is 28.6 Å². The monoisotopic (exact) mass is 491 g/mol. The van der Waals surface area contributed by atoms with Gasteiger partial charge in [-0.25, -0.2) is 0 Å². The van der Waals surface area contributed by atoms with Gasteiger partial charge in [-0.3, -0.25) is 0 Å². The normalized spacial score (nSPS) is 14.3. The van der Waals surface area contributed by atoms with Crippen molar-refractivity contribution in [2.24, 2.45) is 0 Å². The molecular formula is C36H29NO. The second kappa shape index (κ2) is 8.10. The first-order valence-corrected chi connectivity index (χ1v) is 13.7. The van der Waals surface area contributed by atoms with Crippen LogP contribution in [0.15, 0.2) is 91.0 Å². The Kier molecular flexibility index (Phi) is 4.64. The molecule has 0 fully saturated rings. The Hall–Kier alpha value is -4.30. The maximum atomic E-state index is 6.45. The Balaban J connectivity index is 1.36. The van der Waals surface area contributed by atoms with Crippen molar-refractivity contribution >= 4 is 17.1 Å². The van der Waals surface area contributed by atoms with Crippen LogP contribution in [0.4, 0.5) is 17.1 Å². The zero-order chi connectivity index (χ0) is 25.4. The summed E-state index contributed by atoms with van der Waals surface area (Å²) in [5.41, 5.74) is 16.7. The van der Waals surface area contributed by atoms with Crippen LogP contribution in [0.5, 0.6) is 11.5 Å². The van der Waals surface area contributed by atoms with Crippen LogP contribution in [0.25, 0.3) is 22.3 Å². The van der Waals surface area contributed by atoms with Gasteiger partial charge in [-0.15, -0.1) is 0 Å².